The zero-order valence-corrected chi connectivity index (χ0v) is 16.4. The maximum atomic E-state index is 13.9. The van der Waals surface area contributed by atoms with Crippen molar-refractivity contribution in [2.45, 2.75) is 31.8 Å². The zero-order chi connectivity index (χ0) is 20.2. The van der Waals surface area contributed by atoms with Gasteiger partial charge in [-0.2, -0.15) is 0 Å². The molecule has 2 aromatic carbocycles. The summed E-state index contributed by atoms with van der Waals surface area (Å²) in [5.74, 6) is -0.123. The monoisotopic (exact) mass is 397 g/mol. The molecule has 4 rings (SSSR count). The van der Waals surface area contributed by atoms with E-state index in [1.807, 2.05) is 30.3 Å². The Morgan fingerprint density at radius 1 is 1.28 bits per heavy atom. The van der Waals surface area contributed by atoms with Gasteiger partial charge < -0.3 is 14.6 Å². The molecule has 2 heterocycles. The highest BCUT2D eigenvalue weighted by molar-refractivity contribution is 5.86. The van der Waals surface area contributed by atoms with Gasteiger partial charge >= 0.3 is 0 Å². The number of hydrogen-bond donors (Lipinski definition) is 1. The van der Waals surface area contributed by atoms with E-state index in [2.05, 4.69) is 15.4 Å². The Morgan fingerprint density at radius 3 is 2.83 bits per heavy atom. The van der Waals surface area contributed by atoms with Gasteiger partial charge in [0.1, 0.15) is 5.69 Å². The maximum Gasteiger partial charge on any atom is 0.226 e. The number of hydrogen-bond acceptors (Lipinski definition) is 5. The Morgan fingerprint density at radius 2 is 2.07 bits per heavy atom. The van der Waals surface area contributed by atoms with Crippen LogP contribution in [0.15, 0.2) is 47.0 Å². The summed E-state index contributed by atoms with van der Waals surface area (Å²) in [5.41, 5.74) is 2.28. The average Bonchev–Trinajstić information content (AvgIpc) is 3.12. The van der Waals surface area contributed by atoms with E-state index in [-0.39, 0.29) is 29.9 Å². The molecule has 0 atom stereocenters. The number of halogens is 1. The average molecular weight is 397 g/mol. The number of aromatic nitrogens is 1. The fourth-order valence-corrected chi connectivity index (χ4v) is 3.80. The van der Waals surface area contributed by atoms with Crippen LogP contribution < -0.4 is 10.1 Å². The van der Waals surface area contributed by atoms with E-state index in [0.717, 1.165) is 36.9 Å². The van der Waals surface area contributed by atoms with Crippen molar-refractivity contribution in [2.24, 2.45) is 0 Å². The maximum absolute atomic E-state index is 13.9. The number of likely N-dealkylation sites (tertiary alicyclic amines) is 1. The second-order valence-corrected chi connectivity index (χ2v) is 7.39. The van der Waals surface area contributed by atoms with Crippen LogP contribution in [0.1, 0.15) is 24.1 Å². The molecule has 0 bridgehead atoms. The van der Waals surface area contributed by atoms with Crippen molar-refractivity contribution in [1.29, 1.82) is 0 Å². The van der Waals surface area contributed by atoms with Crippen LogP contribution in [0.3, 0.4) is 0 Å². The fourth-order valence-electron chi connectivity index (χ4n) is 3.80. The topological polar surface area (TPSA) is 67.6 Å². The zero-order valence-electron chi connectivity index (χ0n) is 16.4. The lowest BCUT2D eigenvalue weighted by Crippen LogP contribution is -2.44. The minimum atomic E-state index is -0.340. The Hall–Kier alpha value is -2.93. The molecular formula is C22H24FN3O3. The quantitative estimate of drug-likeness (QED) is 0.691. The Bertz CT molecular complexity index is 996. The molecule has 1 saturated heterocycles. The summed E-state index contributed by atoms with van der Waals surface area (Å²) >= 11 is 0. The number of ether oxygens (including phenoxy) is 1. The van der Waals surface area contributed by atoms with E-state index in [9.17, 15) is 9.18 Å². The van der Waals surface area contributed by atoms with Gasteiger partial charge in [-0.15, -0.1) is 0 Å². The molecule has 1 aliphatic rings. The molecule has 1 fully saturated rings. The SMILES string of the molecule is COc1ccc(CN2CCC(NC(=O)Cc3noc4ccccc34)CC2)cc1F. The molecule has 6 nitrogen and oxygen atoms in total. The largest absolute Gasteiger partial charge is 0.494 e. The van der Waals surface area contributed by atoms with Crippen molar-refractivity contribution in [3.05, 3.63) is 59.5 Å². The van der Waals surface area contributed by atoms with E-state index < -0.39 is 0 Å². The number of rotatable bonds is 6. The minimum Gasteiger partial charge on any atom is -0.494 e. The van der Waals surface area contributed by atoms with Crippen LogP contribution in [0.25, 0.3) is 11.0 Å². The van der Waals surface area contributed by atoms with Gasteiger partial charge in [0, 0.05) is 31.1 Å². The van der Waals surface area contributed by atoms with Crippen LogP contribution in [0.2, 0.25) is 0 Å². The van der Waals surface area contributed by atoms with Crippen molar-refractivity contribution in [2.75, 3.05) is 20.2 Å². The molecule has 1 aromatic heterocycles. The fraction of sp³-hybridized carbons (Fsp3) is 0.364. The predicted molar refractivity (Wildman–Crippen MR) is 107 cm³/mol. The van der Waals surface area contributed by atoms with Crippen molar-refractivity contribution >= 4 is 16.9 Å². The summed E-state index contributed by atoms with van der Waals surface area (Å²) in [4.78, 5) is 14.7. The Labute approximate surface area is 168 Å². The number of benzene rings is 2. The lowest BCUT2D eigenvalue weighted by molar-refractivity contribution is -0.121. The summed E-state index contributed by atoms with van der Waals surface area (Å²) in [6, 6.07) is 12.8. The van der Waals surface area contributed by atoms with E-state index in [1.54, 1.807) is 6.07 Å². The van der Waals surface area contributed by atoms with Crippen LogP contribution in [0.4, 0.5) is 4.39 Å². The van der Waals surface area contributed by atoms with Gasteiger partial charge in [-0.05, 0) is 42.7 Å². The number of carbonyl (C=O) groups excluding carboxylic acids is 1. The molecule has 3 aromatic rings. The molecule has 0 radical (unpaired) electrons. The van der Waals surface area contributed by atoms with Crippen LogP contribution in [0.5, 0.6) is 5.75 Å². The van der Waals surface area contributed by atoms with Crippen LogP contribution in [-0.2, 0) is 17.8 Å². The Kier molecular flexibility index (Phi) is 5.76. The van der Waals surface area contributed by atoms with Crippen molar-refractivity contribution < 1.29 is 18.4 Å². The first-order valence-corrected chi connectivity index (χ1v) is 9.80. The van der Waals surface area contributed by atoms with Gasteiger partial charge in [0.15, 0.2) is 17.1 Å². The first kappa shape index (κ1) is 19.4. The minimum absolute atomic E-state index is 0.0419. The molecule has 1 aliphatic heterocycles. The molecule has 0 saturated carbocycles. The molecular weight excluding hydrogens is 373 g/mol. The highest BCUT2D eigenvalue weighted by Crippen LogP contribution is 2.21. The van der Waals surface area contributed by atoms with Gasteiger partial charge in [-0.1, -0.05) is 23.4 Å². The first-order valence-electron chi connectivity index (χ1n) is 9.80. The van der Waals surface area contributed by atoms with E-state index >= 15 is 0 Å². The van der Waals surface area contributed by atoms with E-state index in [4.69, 9.17) is 9.26 Å². The molecule has 1 N–H and O–H groups in total. The second-order valence-electron chi connectivity index (χ2n) is 7.39. The summed E-state index contributed by atoms with van der Waals surface area (Å²) in [6.45, 7) is 2.39. The molecule has 29 heavy (non-hydrogen) atoms. The molecule has 1 amide bonds. The third-order valence-electron chi connectivity index (χ3n) is 5.36. The van der Waals surface area contributed by atoms with Gasteiger partial charge in [-0.3, -0.25) is 9.69 Å². The molecule has 0 spiro atoms. The molecule has 0 aliphatic carbocycles. The summed E-state index contributed by atoms with van der Waals surface area (Å²) in [5, 5.41) is 8.01. The number of carbonyl (C=O) groups is 1. The van der Waals surface area contributed by atoms with E-state index in [0.29, 0.717) is 17.8 Å². The molecule has 152 valence electrons. The number of amides is 1. The summed E-state index contributed by atoms with van der Waals surface area (Å²) in [7, 11) is 1.46. The lowest BCUT2D eigenvalue weighted by atomic mass is 10.0. The van der Waals surface area contributed by atoms with Crippen molar-refractivity contribution in [3.8, 4) is 5.75 Å². The first-order chi connectivity index (χ1) is 14.1. The van der Waals surface area contributed by atoms with Gasteiger partial charge in [-0.25, -0.2) is 4.39 Å². The predicted octanol–water partition coefficient (Wildman–Crippen LogP) is 3.30. The van der Waals surface area contributed by atoms with Crippen LogP contribution >= 0.6 is 0 Å². The highest BCUT2D eigenvalue weighted by atomic mass is 19.1. The third-order valence-corrected chi connectivity index (χ3v) is 5.36. The van der Waals surface area contributed by atoms with Gasteiger partial charge in [0.05, 0.1) is 13.5 Å². The number of fused-ring (bicyclic) bond motifs is 1. The number of piperidine rings is 1. The highest BCUT2D eigenvalue weighted by Gasteiger charge is 2.22. The standard InChI is InChI=1S/C22H24FN3O3/c1-28-21-7-6-15(12-18(21)23)14-26-10-8-16(9-11-26)24-22(27)13-19-17-4-2-3-5-20(17)29-25-19/h2-7,12,16H,8-11,13-14H2,1H3,(H,24,27). The molecule has 0 unspecified atom stereocenters. The van der Waals surface area contributed by atoms with Gasteiger partial charge in [0.25, 0.3) is 0 Å². The molecule has 7 heteroatoms. The lowest BCUT2D eigenvalue weighted by Gasteiger charge is -2.32. The van der Waals surface area contributed by atoms with Crippen molar-refractivity contribution in [1.82, 2.24) is 15.4 Å². The van der Waals surface area contributed by atoms with Crippen LogP contribution in [0, 0.1) is 5.82 Å². The third kappa shape index (κ3) is 4.56. The number of nitrogens with zero attached hydrogens (tertiary/aromatic N) is 2. The number of para-hydroxylation sites is 1. The summed E-state index contributed by atoms with van der Waals surface area (Å²) in [6.07, 6.45) is 1.94. The number of methoxy groups -OCH3 is 1. The second kappa shape index (κ2) is 8.61. The Balaban J connectivity index is 1.26. The summed E-state index contributed by atoms with van der Waals surface area (Å²) < 4.78 is 24.1. The van der Waals surface area contributed by atoms with Crippen LogP contribution in [-0.4, -0.2) is 42.2 Å². The van der Waals surface area contributed by atoms with Gasteiger partial charge in [0.2, 0.25) is 5.91 Å². The number of nitrogens with one attached hydrogen (secondary N) is 1. The smallest absolute Gasteiger partial charge is 0.226 e. The normalized spacial score (nSPS) is 15.5. The van der Waals surface area contributed by atoms with E-state index in [1.165, 1.54) is 13.2 Å². The van der Waals surface area contributed by atoms with Crippen molar-refractivity contribution in [3.63, 3.8) is 0 Å².